The van der Waals surface area contributed by atoms with Gasteiger partial charge in [-0.3, -0.25) is 9.80 Å². The molecule has 10 heteroatoms. The van der Waals surface area contributed by atoms with Crippen molar-refractivity contribution in [3.8, 4) is 11.5 Å². The Balaban J connectivity index is 0.975. The maximum absolute atomic E-state index is 12.0. The van der Waals surface area contributed by atoms with Crippen molar-refractivity contribution in [2.75, 3.05) is 46.4 Å². The number of benzene rings is 2. The van der Waals surface area contributed by atoms with E-state index < -0.39 is 12.2 Å². The van der Waals surface area contributed by atoms with Gasteiger partial charge in [0.1, 0.15) is 24.2 Å². The van der Waals surface area contributed by atoms with Gasteiger partial charge in [-0.05, 0) is 24.5 Å². The highest BCUT2D eigenvalue weighted by Crippen LogP contribution is 2.49. The van der Waals surface area contributed by atoms with Crippen LogP contribution in [0.15, 0.2) is 24.3 Å². The first-order chi connectivity index (χ1) is 19.0. The van der Waals surface area contributed by atoms with Gasteiger partial charge in [0, 0.05) is 61.5 Å². The lowest BCUT2D eigenvalue weighted by Gasteiger charge is -2.37. The summed E-state index contributed by atoms with van der Waals surface area (Å²) in [5.41, 5.74) is 4.79. The van der Waals surface area contributed by atoms with E-state index in [-0.39, 0.29) is 31.1 Å². The fourth-order valence-electron chi connectivity index (χ4n) is 5.98. The van der Waals surface area contributed by atoms with Gasteiger partial charge in [-0.25, -0.2) is 4.79 Å². The van der Waals surface area contributed by atoms with E-state index in [1.165, 1.54) is 0 Å². The van der Waals surface area contributed by atoms with Crippen molar-refractivity contribution in [3.05, 3.63) is 57.6 Å². The number of aliphatic hydroxyl groups excluding tert-OH is 2. The molecule has 4 unspecified atom stereocenters. The van der Waals surface area contributed by atoms with Gasteiger partial charge in [-0.1, -0.05) is 18.2 Å². The van der Waals surface area contributed by atoms with Crippen molar-refractivity contribution >= 4 is 5.97 Å². The fourth-order valence-corrected chi connectivity index (χ4v) is 5.98. The van der Waals surface area contributed by atoms with Crippen LogP contribution in [0, 0.1) is 0 Å². The van der Waals surface area contributed by atoms with Gasteiger partial charge in [-0.2, -0.15) is 0 Å². The van der Waals surface area contributed by atoms with Crippen molar-refractivity contribution in [3.63, 3.8) is 0 Å². The number of cyclic esters (lactones) is 1. The van der Waals surface area contributed by atoms with E-state index in [1.54, 1.807) is 19.2 Å². The van der Waals surface area contributed by atoms with Crippen LogP contribution in [0.2, 0.25) is 0 Å². The maximum Gasteiger partial charge on any atom is 0.339 e. The Hall–Kier alpha value is -2.73. The first kappa shape index (κ1) is 25.3. The molecule has 5 aliphatic rings. The summed E-state index contributed by atoms with van der Waals surface area (Å²) in [7, 11) is 1.63. The Morgan fingerprint density at radius 3 is 2.26 bits per heavy atom. The molecule has 10 nitrogen and oxygen atoms in total. The molecule has 1 saturated carbocycles. The number of methoxy groups -OCH3 is 1. The minimum atomic E-state index is -0.742. The van der Waals surface area contributed by atoms with Crippen molar-refractivity contribution in [2.24, 2.45) is 0 Å². The third-order valence-corrected chi connectivity index (χ3v) is 8.39. The molecule has 4 atom stereocenters. The van der Waals surface area contributed by atoms with Crippen molar-refractivity contribution in [2.45, 2.75) is 56.8 Å². The van der Waals surface area contributed by atoms with Crippen LogP contribution in [0.3, 0.4) is 0 Å². The number of fused-ring (bicyclic) bond motifs is 4. The summed E-state index contributed by atoms with van der Waals surface area (Å²) in [6.07, 6.45) is 0.512. The second-order valence-corrected chi connectivity index (χ2v) is 11.0. The highest BCUT2D eigenvalue weighted by Gasteiger charge is 2.47. The third-order valence-electron chi connectivity index (χ3n) is 8.39. The smallest absolute Gasteiger partial charge is 0.339 e. The Labute approximate surface area is 227 Å². The largest absolute Gasteiger partial charge is 0.496 e. The van der Waals surface area contributed by atoms with Gasteiger partial charge in [-0.15, -0.1) is 0 Å². The SMILES string of the molecule is COc1c(C(O)CN2CCN(CC(O)c3ccc4c(c3OC3CC3)COC4=O)CC2)ccc2c1COC1OC21. The van der Waals surface area contributed by atoms with E-state index in [4.69, 9.17) is 23.7 Å². The lowest BCUT2D eigenvalue weighted by molar-refractivity contribution is 0.0352. The Morgan fingerprint density at radius 1 is 0.923 bits per heavy atom. The first-order valence-corrected chi connectivity index (χ1v) is 13.8. The highest BCUT2D eigenvalue weighted by atomic mass is 16.8. The molecule has 2 aromatic rings. The maximum atomic E-state index is 12.0. The average molecular weight is 539 g/mol. The van der Waals surface area contributed by atoms with E-state index in [1.807, 2.05) is 12.1 Å². The number of aliphatic hydroxyl groups is 2. The topological polar surface area (TPSA) is 113 Å². The molecule has 2 saturated heterocycles. The van der Waals surface area contributed by atoms with Crippen LogP contribution in [0.25, 0.3) is 0 Å². The van der Waals surface area contributed by atoms with E-state index in [2.05, 4.69) is 9.80 Å². The fraction of sp³-hybridized carbons (Fsp3) is 0.552. The number of rotatable bonds is 9. The molecule has 0 radical (unpaired) electrons. The summed E-state index contributed by atoms with van der Waals surface area (Å²) in [4.78, 5) is 16.5. The molecule has 2 N–H and O–H groups in total. The number of hydrogen-bond donors (Lipinski definition) is 2. The van der Waals surface area contributed by atoms with Gasteiger partial charge in [0.15, 0.2) is 6.29 Å². The van der Waals surface area contributed by atoms with Crippen LogP contribution in [-0.2, 0) is 27.4 Å². The van der Waals surface area contributed by atoms with Crippen LogP contribution in [0.1, 0.15) is 69.3 Å². The zero-order chi connectivity index (χ0) is 26.7. The average Bonchev–Trinajstić information content (AvgIpc) is 3.87. The molecular weight excluding hydrogens is 504 g/mol. The molecule has 208 valence electrons. The van der Waals surface area contributed by atoms with E-state index in [0.717, 1.165) is 61.3 Å². The van der Waals surface area contributed by atoms with Gasteiger partial charge in [0.2, 0.25) is 0 Å². The van der Waals surface area contributed by atoms with Gasteiger partial charge >= 0.3 is 5.97 Å². The van der Waals surface area contributed by atoms with E-state index >= 15 is 0 Å². The van der Waals surface area contributed by atoms with Crippen LogP contribution < -0.4 is 9.47 Å². The van der Waals surface area contributed by atoms with Gasteiger partial charge in [0.05, 0.1) is 37.6 Å². The van der Waals surface area contributed by atoms with Crippen LogP contribution >= 0.6 is 0 Å². The summed E-state index contributed by atoms with van der Waals surface area (Å²) >= 11 is 0. The number of epoxide rings is 1. The molecule has 0 bridgehead atoms. The Bertz CT molecular complexity index is 1270. The minimum Gasteiger partial charge on any atom is -0.496 e. The van der Waals surface area contributed by atoms with Crippen molar-refractivity contribution in [1.29, 1.82) is 0 Å². The second kappa shape index (κ2) is 10.0. The van der Waals surface area contributed by atoms with Gasteiger partial charge in [0.25, 0.3) is 0 Å². The third kappa shape index (κ3) is 4.79. The summed E-state index contributed by atoms with van der Waals surface area (Å²) in [6, 6.07) is 7.49. The summed E-state index contributed by atoms with van der Waals surface area (Å²) in [5, 5.41) is 22.3. The minimum absolute atomic E-state index is 0.0266. The predicted molar refractivity (Wildman–Crippen MR) is 137 cm³/mol. The lowest BCUT2D eigenvalue weighted by atomic mass is 9.96. The van der Waals surface area contributed by atoms with E-state index in [0.29, 0.717) is 42.3 Å². The number of carbonyl (C=O) groups excluding carboxylic acids is 1. The van der Waals surface area contributed by atoms with Gasteiger partial charge < -0.3 is 33.9 Å². The molecule has 0 amide bonds. The van der Waals surface area contributed by atoms with Crippen molar-refractivity contribution in [1.82, 2.24) is 9.80 Å². The summed E-state index contributed by atoms with van der Waals surface area (Å²) in [6.45, 7) is 4.65. The predicted octanol–water partition coefficient (Wildman–Crippen LogP) is 2.22. The number of β-amino-alcohol motifs (C(OH)–C–C–N with tert-alkyl or cyclic N) is 2. The zero-order valence-corrected chi connectivity index (χ0v) is 22.0. The van der Waals surface area contributed by atoms with Crippen LogP contribution in [0.5, 0.6) is 11.5 Å². The first-order valence-electron chi connectivity index (χ1n) is 13.8. The molecule has 4 aliphatic heterocycles. The molecule has 2 aromatic carbocycles. The molecule has 0 aromatic heterocycles. The Morgan fingerprint density at radius 2 is 1.59 bits per heavy atom. The van der Waals surface area contributed by atoms with E-state index in [9.17, 15) is 15.0 Å². The number of ether oxygens (including phenoxy) is 5. The summed E-state index contributed by atoms with van der Waals surface area (Å²) in [5.74, 6) is 0.960. The molecule has 0 spiro atoms. The molecule has 39 heavy (non-hydrogen) atoms. The quantitative estimate of drug-likeness (QED) is 0.364. The number of carbonyl (C=O) groups is 1. The molecular formula is C29H34N2O8. The van der Waals surface area contributed by atoms with Crippen LogP contribution in [0.4, 0.5) is 0 Å². The molecule has 7 rings (SSSR count). The number of esters is 1. The lowest BCUT2D eigenvalue weighted by Crippen LogP contribution is -2.48. The second-order valence-electron chi connectivity index (χ2n) is 11.0. The number of piperazine rings is 1. The summed E-state index contributed by atoms with van der Waals surface area (Å²) < 4.78 is 28.3. The number of hydrogen-bond acceptors (Lipinski definition) is 10. The zero-order valence-electron chi connectivity index (χ0n) is 22.0. The molecule has 4 heterocycles. The highest BCUT2D eigenvalue weighted by molar-refractivity contribution is 5.94. The van der Waals surface area contributed by atoms with Crippen LogP contribution in [-0.4, -0.2) is 84.8 Å². The normalized spacial score (nSPS) is 25.8. The standard InChI is InChI=1S/C29H34N2O8/c1-35-25-19(6-4-17-21(25)15-37-29-27(17)39-29)23(32)12-30-8-10-31(11-9-30)13-24(33)20-7-5-18-22(14-36-28(18)34)26(20)38-16-2-3-16/h4-7,16,23-24,27,29,32-33H,2-3,8-15H2,1H3. The number of nitrogens with zero attached hydrogens (tertiary/aromatic N) is 2. The Kier molecular flexibility index (Phi) is 6.49. The van der Waals surface area contributed by atoms with Crippen molar-refractivity contribution < 1.29 is 38.7 Å². The molecule has 3 fully saturated rings. The molecule has 1 aliphatic carbocycles. The monoisotopic (exact) mass is 538 g/mol.